The summed E-state index contributed by atoms with van der Waals surface area (Å²) in [6.07, 6.45) is 1.77. The molecule has 0 saturated heterocycles. The van der Waals surface area contributed by atoms with Gasteiger partial charge < -0.3 is 9.72 Å². The number of aliphatic imine (C=N–C) groups is 1. The Hall–Kier alpha value is -2.10. The van der Waals surface area contributed by atoms with Crippen molar-refractivity contribution < 1.29 is 9.53 Å². The molecule has 2 aromatic rings. The topological polar surface area (TPSA) is 54.4 Å². The van der Waals surface area contributed by atoms with Gasteiger partial charge in [-0.25, -0.2) is 4.79 Å². The summed E-state index contributed by atoms with van der Waals surface area (Å²) >= 11 is 0. The number of carbonyl (C=O) groups is 1. The van der Waals surface area contributed by atoms with Gasteiger partial charge >= 0.3 is 5.97 Å². The average Bonchev–Trinajstić information content (AvgIpc) is 2.75. The molecule has 0 aliphatic heterocycles. The van der Waals surface area contributed by atoms with Crippen LogP contribution in [0.15, 0.2) is 29.3 Å². The van der Waals surface area contributed by atoms with Crippen molar-refractivity contribution >= 4 is 23.1 Å². The Morgan fingerprint density at radius 1 is 1.53 bits per heavy atom. The maximum atomic E-state index is 11.6. The third kappa shape index (κ3) is 2.20. The van der Waals surface area contributed by atoms with Crippen LogP contribution in [-0.2, 0) is 4.74 Å². The monoisotopic (exact) mass is 230 g/mol. The molecule has 17 heavy (non-hydrogen) atoms. The fraction of sp³-hybridized carbons (Fsp3) is 0.231. The van der Waals surface area contributed by atoms with Gasteiger partial charge in [-0.1, -0.05) is 12.1 Å². The largest absolute Gasteiger partial charge is 0.461 e. The van der Waals surface area contributed by atoms with Crippen molar-refractivity contribution in [3.8, 4) is 0 Å². The molecule has 2 rings (SSSR count). The Morgan fingerprint density at radius 2 is 2.35 bits per heavy atom. The molecule has 88 valence electrons. The Labute approximate surface area is 99.3 Å². The molecule has 4 heteroatoms. The predicted octanol–water partition coefficient (Wildman–Crippen LogP) is 2.39. The van der Waals surface area contributed by atoms with E-state index in [0.717, 1.165) is 16.5 Å². The minimum absolute atomic E-state index is 0.330. The van der Waals surface area contributed by atoms with Gasteiger partial charge in [-0.3, -0.25) is 4.99 Å². The number of benzene rings is 1. The van der Waals surface area contributed by atoms with E-state index in [4.69, 9.17) is 4.74 Å². The first kappa shape index (κ1) is 11.4. The Bertz CT molecular complexity index is 570. The normalized spacial score (nSPS) is 11.2. The first-order valence-corrected chi connectivity index (χ1v) is 5.47. The molecule has 0 amide bonds. The number of carbonyl (C=O) groups excluding carboxylic acids is 1. The summed E-state index contributed by atoms with van der Waals surface area (Å²) in [5, 5.41) is 0.973. The SMILES string of the molecule is CCOC(=O)c1cc2c(C=NC)cccc2[nH]1. The molecule has 0 fully saturated rings. The van der Waals surface area contributed by atoms with Crippen LogP contribution in [0, 0.1) is 0 Å². The van der Waals surface area contributed by atoms with Crippen LogP contribution in [0.2, 0.25) is 0 Å². The lowest BCUT2D eigenvalue weighted by molar-refractivity contribution is 0.0520. The molecular weight excluding hydrogens is 216 g/mol. The Balaban J connectivity index is 2.49. The average molecular weight is 230 g/mol. The Morgan fingerprint density at radius 3 is 3.06 bits per heavy atom. The molecule has 0 aliphatic rings. The van der Waals surface area contributed by atoms with Crippen molar-refractivity contribution in [3.05, 3.63) is 35.5 Å². The minimum Gasteiger partial charge on any atom is -0.461 e. The van der Waals surface area contributed by atoms with Crippen molar-refractivity contribution in [2.45, 2.75) is 6.92 Å². The summed E-state index contributed by atoms with van der Waals surface area (Å²) in [4.78, 5) is 18.6. The molecule has 1 aromatic heterocycles. The summed E-state index contributed by atoms with van der Waals surface area (Å²) in [5.41, 5.74) is 2.36. The zero-order valence-corrected chi connectivity index (χ0v) is 9.86. The molecule has 1 aromatic carbocycles. The number of nitrogens with zero attached hydrogens (tertiary/aromatic N) is 1. The number of fused-ring (bicyclic) bond motifs is 1. The van der Waals surface area contributed by atoms with E-state index >= 15 is 0 Å². The van der Waals surface area contributed by atoms with Gasteiger partial charge in [0.25, 0.3) is 0 Å². The van der Waals surface area contributed by atoms with Crippen molar-refractivity contribution in [1.82, 2.24) is 4.98 Å². The van der Waals surface area contributed by atoms with Crippen LogP contribution in [-0.4, -0.2) is 30.8 Å². The first-order chi connectivity index (χ1) is 8.26. The van der Waals surface area contributed by atoms with E-state index < -0.39 is 0 Å². The molecule has 0 spiro atoms. The summed E-state index contributed by atoms with van der Waals surface area (Å²) in [6.45, 7) is 2.16. The summed E-state index contributed by atoms with van der Waals surface area (Å²) < 4.78 is 4.95. The highest BCUT2D eigenvalue weighted by Crippen LogP contribution is 2.19. The van der Waals surface area contributed by atoms with Crippen LogP contribution < -0.4 is 0 Å². The second-order valence-electron chi connectivity index (χ2n) is 3.60. The number of hydrogen-bond acceptors (Lipinski definition) is 3. The molecule has 0 radical (unpaired) electrons. The predicted molar refractivity (Wildman–Crippen MR) is 67.8 cm³/mol. The first-order valence-electron chi connectivity index (χ1n) is 5.47. The number of aromatic nitrogens is 1. The molecule has 0 aliphatic carbocycles. The van der Waals surface area contributed by atoms with E-state index in [2.05, 4.69) is 9.98 Å². The van der Waals surface area contributed by atoms with Gasteiger partial charge in [0.2, 0.25) is 0 Å². The number of hydrogen-bond donors (Lipinski definition) is 1. The number of rotatable bonds is 3. The smallest absolute Gasteiger partial charge is 0.354 e. The molecule has 1 heterocycles. The fourth-order valence-electron chi connectivity index (χ4n) is 1.75. The van der Waals surface area contributed by atoms with Crippen molar-refractivity contribution in [2.24, 2.45) is 4.99 Å². The third-order valence-corrected chi connectivity index (χ3v) is 2.46. The van der Waals surface area contributed by atoms with Crippen molar-refractivity contribution in [3.63, 3.8) is 0 Å². The fourth-order valence-corrected chi connectivity index (χ4v) is 1.75. The van der Waals surface area contributed by atoms with Crippen LogP contribution in [0.25, 0.3) is 10.9 Å². The van der Waals surface area contributed by atoms with Gasteiger partial charge in [-0.2, -0.15) is 0 Å². The second-order valence-corrected chi connectivity index (χ2v) is 3.60. The molecule has 0 unspecified atom stereocenters. The summed E-state index contributed by atoms with van der Waals surface area (Å²) in [7, 11) is 1.72. The highest BCUT2D eigenvalue weighted by molar-refractivity contribution is 6.02. The highest BCUT2D eigenvalue weighted by Gasteiger charge is 2.11. The Kier molecular flexibility index (Phi) is 3.23. The summed E-state index contributed by atoms with van der Waals surface area (Å²) in [6, 6.07) is 7.60. The lowest BCUT2D eigenvalue weighted by Crippen LogP contribution is -2.04. The van der Waals surface area contributed by atoms with Gasteiger partial charge in [-0.15, -0.1) is 0 Å². The lowest BCUT2D eigenvalue weighted by Gasteiger charge is -1.96. The van der Waals surface area contributed by atoms with Gasteiger partial charge in [0.1, 0.15) is 5.69 Å². The van der Waals surface area contributed by atoms with Crippen molar-refractivity contribution in [1.29, 1.82) is 0 Å². The number of H-pyrrole nitrogens is 1. The van der Waals surface area contributed by atoms with Gasteiger partial charge in [0.15, 0.2) is 0 Å². The molecule has 0 saturated carbocycles. The standard InChI is InChI=1S/C13H14N2O2/c1-3-17-13(16)12-7-10-9(8-14-2)5-4-6-11(10)15-12/h4-8,15H,3H2,1-2H3. The number of nitrogens with one attached hydrogen (secondary N) is 1. The van der Waals surface area contributed by atoms with Gasteiger partial charge in [0, 0.05) is 29.7 Å². The maximum absolute atomic E-state index is 11.6. The van der Waals surface area contributed by atoms with E-state index in [1.807, 2.05) is 18.2 Å². The van der Waals surface area contributed by atoms with Crippen LogP contribution in [0.1, 0.15) is 23.0 Å². The summed E-state index contributed by atoms with van der Waals surface area (Å²) in [5.74, 6) is -0.330. The maximum Gasteiger partial charge on any atom is 0.354 e. The highest BCUT2D eigenvalue weighted by atomic mass is 16.5. The van der Waals surface area contributed by atoms with E-state index in [0.29, 0.717) is 12.3 Å². The third-order valence-electron chi connectivity index (χ3n) is 2.46. The second kappa shape index (κ2) is 4.82. The number of esters is 1. The van der Waals surface area contributed by atoms with E-state index in [1.165, 1.54) is 0 Å². The zero-order chi connectivity index (χ0) is 12.3. The number of aromatic amines is 1. The minimum atomic E-state index is -0.330. The van der Waals surface area contributed by atoms with Crippen molar-refractivity contribution in [2.75, 3.05) is 13.7 Å². The molecule has 0 bridgehead atoms. The number of ether oxygens (including phenoxy) is 1. The molecule has 4 nitrogen and oxygen atoms in total. The van der Waals surface area contributed by atoms with E-state index in [-0.39, 0.29) is 5.97 Å². The van der Waals surface area contributed by atoms with Gasteiger partial charge in [-0.05, 0) is 19.1 Å². The van der Waals surface area contributed by atoms with Crippen LogP contribution >= 0.6 is 0 Å². The molecule has 0 atom stereocenters. The van der Waals surface area contributed by atoms with Crippen LogP contribution in [0.3, 0.4) is 0 Å². The van der Waals surface area contributed by atoms with Crippen LogP contribution in [0.5, 0.6) is 0 Å². The van der Waals surface area contributed by atoms with E-state index in [9.17, 15) is 4.79 Å². The molecule has 1 N–H and O–H groups in total. The van der Waals surface area contributed by atoms with Crippen LogP contribution in [0.4, 0.5) is 0 Å². The zero-order valence-electron chi connectivity index (χ0n) is 9.86. The quantitative estimate of drug-likeness (QED) is 0.650. The van der Waals surface area contributed by atoms with E-state index in [1.54, 1.807) is 26.3 Å². The lowest BCUT2D eigenvalue weighted by atomic mass is 10.1. The van der Waals surface area contributed by atoms with Gasteiger partial charge in [0.05, 0.1) is 6.61 Å². The molecular formula is C13H14N2O2.